The third kappa shape index (κ3) is 4.38. The van der Waals surface area contributed by atoms with Crippen molar-refractivity contribution in [2.24, 2.45) is 0 Å². The van der Waals surface area contributed by atoms with E-state index in [9.17, 15) is 4.79 Å². The Morgan fingerprint density at radius 1 is 1.19 bits per heavy atom. The Labute approximate surface area is 165 Å². The number of rotatable bonds is 6. The number of hydrogen-bond donors (Lipinski definition) is 1. The van der Waals surface area contributed by atoms with E-state index in [1.807, 2.05) is 43.7 Å². The Morgan fingerprint density at radius 2 is 1.92 bits per heavy atom. The Kier molecular flexibility index (Phi) is 5.86. The Balaban J connectivity index is 1.64. The molecule has 0 bridgehead atoms. The second-order valence-electron chi connectivity index (χ2n) is 5.99. The van der Waals surface area contributed by atoms with Gasteiger partial charge in [-0.1, -0.05) is 35.9 Å². The number of ketones is 1. The second kappa shape index (κ2) is 8.12. The van der Waals surface area contributed by atoms with Crippen LogP contribution in [0.3, 0.4) is 0 Å². The molecule has 26 heavy (non-hydrogen) atoms. The van der Waals surface area contributed by atoms with Crippen LogP contribution in [-0.2, 0) is 6.42 Å². The number of thiophene rings is 1. The van der Waals surface area contributed by atoms with Crippen molar-refractivity contribution in [1.82, 2.24) is 9.88 Å². The summed E-state index contributed by atoms with van der Waals surface area (Å²) in [5.74, 6) is 0.576. The van der Waals surface area contributed by atoms with Crippen LogP contribution in [0.2, 0.25) is 4.34 Å². The molecular formula is C19H18ClN3OS2. The zero-order valence-electron chi connectivity index (χ0n) is 14.5. The highest BCUT2D eigenvalue weighted by Crippen LogP contribution is 2.26. The quantitative estimate of drug-likeness (QED) is 0.348. The average Bonchev–Trinajstić information content (AvgIpc) is 3.28. The third-order valence-corrected chi connectivity index (χ3v) is 6.07. The van der Waals surface area contributed by atoms with Gasteiger partial charge in [0.1, 0.15) is 10.8 Å². The van der Waals surface area contributed by atoms with E-state index in [1.165, 1.54) is 11.3 Å². The minimum Gasteiger partial charge on any atom is -0.363 e. The second-order valence-corrected chi connectivity index (χ2v) is 8.56. The van der Waals surface area contributed by atoms with E-state index in [-0.39, 0.29) is 5.78 Å². The van der Waals surface area contributed by atoms with Gasteiger partial charge in [-0.2, -0.15) is 0 Å². The van der Waals surface area contributed by atoms with E-state index in [0.29, 0.717) is 27.9 Å². The van der Waals surface area contributed by atoms with Crippen molar-refractivity contribution in [2.45, 2.75) is 12.8 Å². The summed E-state index contributed by atoms with van der Waals surface area (Å²) in [6.07, 6.45) is 1.05. The van der Waals surface area contributed by atoms with E-state index >= 15 is 0 Å². The fourth-order valence-electron chi connectivity index (χ4n) is 2.41. The van der Waals surface area contributed by atoms with Gasteiger partial charge in [0.05, 0.1) is 14.9 Å². The Bertz CT molecular complexity index is 928. The molecule has 4 nitrogen and oxygen atoms in total. The standard InChI is InChI=1S/C19H18ClN3OS2/c1-23(2)18(21)12-3-5-13(6-4-12)19-22-14(11-25-19)7-8-15(24)16-9-10-17(20)26-16/h3-6,9-11,21H,7-8H2,1-2H3. The third-order valence-electron chi connectivity index (χ3n) is 3.86. The number of aryl methyl sites for hydroxylation is 1. The fraction of sp³-hybridized carbons (Fsp3) is 0.211. The smallest absolute Gasteiger partial charge is 0.173 e. The molecule has 0 saturated heterocycles. The lowest BCUT2D eigenvalue weighted by Crippen LogP contribution is -2.21. The van der Waals surface area contributed by atoms with Crippen LogP contribution in [0.15, 0.2) is 41.8 Å². The minimum absolute atomic E-state index is 0.100. The molecule has 3 aromatic rings. The maximum atomic E-state index is 12.2. The zero-order valence-corrected chi connectivity index (χ0v) is 16.8. The largest absolute Gasteiger partial charge is 0.363 e. The van der Waals surface area contributed by atoms with Crippen molar-refractivity contribution in [2.75, 3.05) is 14.1 Å². The van der Waals surface area contributed by atoms with Gasteiger partial charge in [0.25, 0.3) is 0 Å². The molecule has 0 aliphatic heterocycles. The van der Waals surface area contributed by atoms with Gasteiger partial charge in [0.2, 0.25) is 0 Å². The molecule has 1 N–H and O–H groups in total. The van der Waals surface area contributed by atoms with Crippen molar-refractivity contribution in [3.05, 3.63) is 62.2 Å². The molecular weight excluding hydrogens is 386 g/mol. The molecule has 0 aliphatic rings. The molecule has 0 fully saturated rings. The SMILES string of the molecule is CN(C)C(=N)c1ccc(-c2nc(CCC(=O)c3ccc(Cl)s3)cs2)cc1. The molecule has 2 heterocycles. The number of carbonyl (C=O) groups excluding carboxylic acids is 1. The van der Waals surface area contributed by atoms with Crippen LogP contribution in [-0.4, -0.2) is 35.6 Å². The van der Waals surface area contributed by atoms with Crippen molar-refractivity contribution in [3.63, 3.8) is 0 Å². The number of benzene rings is 1. The number of nitrogens with one attached hydrogen (secondary N) is 1. The lowest BCUT2D eigenvalue weighted by molar-refractivity contribution is 0.0986. The van der Waals surface area contributed by atoms with Gasteiger partial charge in [0.15, 0.2) is 5.78 Å². The molecule has 0 unspecified atom stereocenters. The molecule has 0 amide bonds. The summed E-state index contributed by atoms with van der Waals surface area (Å²) < 4.78 is 0.634. The minimum atomic E-state index is 0.100. The molecule has 0 atom stereocenters. The van der Waals surface area contributed by atoms with E-state index < -0.39 is 0 Å². The number of carbonyl (C=O) groups is 1. The number of Topliss-reactive ketones (excluding diaryl/α,β-unsaturated/α-hetero) is 1. The van der Waals surface area contributed by atoms with Gasteiger partial charge in [-0.25, -0.2) is 4.98 Å². The normalized spacial score (nSPS) is 10.7. The highest BCUT2D eigenvalue weighted by molar-refractivity contribution is 7.18. The predicted octanol–water partition coefficient (Wildman–Crippen LogP) is 5.23. The highest BCUT2D eigenvalue weighted by atomic mass is 35.5. The number of aromatic nitrogens is 1. The molecule has 3 rings (SSSR count). The van der Waals surface area contributed by atoms with Crippen LogP contribution in [0.1, 0.15) is 27.3 Å². The molecule has 134 valence electrons. The van der Waals surface area contributed by atoms with E-state index in [1.54, 1.807) is 28.4 Å². The molecule has 1 aromatic carbocycles. The summed E-state index contributed by atoms with van der Waals surface area (Å²) >= 11 is 8.77. The summed E-state index contributed by atoms with van der Waals surface area (Å²) in [5, 5.41) is 10.9. The van der Waals surface area contributed by atoms with Gasteiger partial charge in [0, 0.05) is 37.0 Å². The molecule has 0 aliphatic carbocycles. The first-order valence-corrected chi connectivity index (χ1v) is 10.1. The maximum Gasteiger partial charge on any atom is 0.173 e. The van der Waals surface area contributed by atoms with Crippen LogP contribution in [0.25, 0.3) is 10.6 Å². The topological polar surface area (TPSA) is 57.1 Å². The summed E-state index contributed by atoms with van der Waals surface area (Å²) in [6, 6.07) is 11.4. The average molecular weight is 404 g/mol. The van der Waals surface area contributed by atoms with Gasteiger partial charge in [-0.3, -0.25) is 10.2 Å². The molecule has 0 radical (unpaired) electrons. The number of halogens is 1. The van der Waals surface area contributed by atoms with Crippen molar-refractivity contribution >= 4 is 45.9 Å². The molecule has 7 heteroatoms. The van der Waals surface area contributed by atoms with E-state index in [2.05, 4.69) is 4.98 Å². The van der Waals surface area contributed by atoms with Gasteiger partial charge < -0.3 is 4.90 Å². The van der Waals surface area contributed by atoms with Crippen LogP contribution < -0.4 is 0 Å². The lowest BCUT2D eigenvalue weighted by atomic mass is 10.1. The van der Waals surface area contributed by atoms with E-state index in [4.69, 9.17) is 17.0 Å². The summed E-state index contributed by atoms with van der Waals surface area (Å²) in [4.78, 5) is 19.3. The van der Waals surface area contributed by atoms with Crippen LogP contribution >= 0.6 is 34.3 Å². The van der Waals surface area contributed by atoms with Gasteiger partial charge in [-0.15, -0.1) is 22.7 Å². The summed E-state index contributed by atoms with van der Waals surface area (Å²) in [7, 11) is 3.71. The predicted molar refractivity (Wildman–Crippen MR) is 110 cm³/mol. The van der Waals surface area contributed by atoms with Crippen LogP contribution in [0, 0.1) is 5.41 Å². The van der Waals surface area contributed by atoms with Gasteiger partial charge in [-0.05, 0) is 18.6 Å². The molecule has 0 saturated carbocycles. The summed E-state index contributed by atoms with van der Waals surface area (Å²) in [6.45, 7) is 0. The highest BCUT2D eigenvalue weighted by Gasteiger charge is 2.11. The number of thiazole rings is 1. The zero-order chi connectivity index (χ0) is 18.7. The van der Waals surface area contributed by atoms with Crippen molar-refractivity contribution in [3.8, 4) is 10.6 Å². The Morgan fingerprint density at radius 3 is 2.54 bits per heavy atom. The number of amidine groups is 1. The molecule has 0 spiro atoms. The monoisotopic (exact) mass is 403 g/mol. The maximum absolute atomic E-state index is 12.2. The van der Waals surface area contributed by atoms with Crippen LogP contribution in [0.4, 0.5) is 0 Å². The summed E-state index contributed by atoms with van der Waals surface area (Å²) in [5.41, 5.74) is 2.81. The first-order chi connectivity index (χ1) is 12.4. The van der Waals surface area contributed by atoms with Gasteiger partial charge >= 0.3 is 0 Å². The number of nitrogens with zero attached hydrogens (tertiary/aromatic N) is 2. The number of hydrogen-bond acceptors (Lipinski definition) is 5. The lowest BCUT2D eigenvalue weighted by Gasteiger charge is -2.13. The first-order valence-electron chi connectivity index (χ1n) is 8.03. The first kappa shape index (κ1) is 18.8. The van der Waals surface area contributed by atoms with E-state index in [0.717, 1.165) is 21.8 Å². The molecule has 2 aromatic heterocycles. The Hall–Kier alpha value is -2.02. The van der Waals surface area contributed by atoms with Crippen LogP contribution in [0.5, 0.6) is 0 Å². The van der Waals surface area contributed by atoms with Crippen molar-refractivity contribution in [1.29, 1.82) is 5.41 Å². The van der Waals surface area contributed by atoms with Crippen molar-refractivity contribution < 1.29 is 4.79 Å². The fourth-order valence-corrected chi connectivity index (χ4v) is 4.28.